The first-order chi connectivity index (χ1) is 21.9. The quantitative estimate of drug-likeness (QED) is 0.103. The fraction of sp³-hybridized carbons (Fsp3) is 0.0556. The molecule has 0 aliphatic heterocycles. The van der Waals surface area contributed by atoms with Gasteiger partial charge in [0.15, 0.2) is 5.58 Å². The summed E-state index contributed by atoms with van der Waals surface area (Å²) in [5.74, 6) is 0. The van der Waals surface area contributed by atoms with Gasteiger partial charge in [-0.05, 0) is 75.6 Å². The molecule has 0 aliphatic carbocycles. The SMILES string of the molecule is O=c1c2cccc(C(F)(F)F)c2oc2ccc3ccc(-c4cc5ccccc5c5c(=O)c6ccc(C(F)(F)F)cc6oc45)cc3c12. The molecule has 0 aliphatic rings. The minimum atomic E-state index is -4.75. The number of rotatable bonds is 1. The lowest BCUT2D eigenvalue weighted by molar-refractivity contribution is -0.138. The van der Waals surface area contributed by atoms with Crippen LogP contribution < -0.4 is 10.9 Å². The molecule has 0 atom stereocenters. The van der Waals surface area contributed by atoms with E-state index in [4.69, 9.17) is 8.83 Å². The maximum absolute atomic E-state index is 13.8. The molecule has 6 aromatic carbocycles. The molecule has 0 fully saturated rings. The Bertz CT molecular complexity index is 2720. The minimum absolute atomic E-state index is 0.0185. The molecule has 0 bridgehead atoms. The molecule has 10 heteroatoms. The van der Waals surface area contributed by atoms with E-state index in [-0.39, 0.29) is 38.3 Å². The molecule has 226 valence electrons. The number of benzene rings is 6. The van der Waals surface area contributed by atoms with Crippen LogP contribution >= 0.6 is 0 Å². The maximum Gasteiger partial charge on any atom is 0.420 e. The second-order valence-electron chi connectivity index (χ2n) is 11.0. The molecule has 0 saturated heterocycles. The normalized spacial score (nSPS) is 12.7. The van der Waals surface area contributed by atoms with Crippen molar-refractivity contribution >= 4 is 65.4 Å². The molecule has 0 saturated carbocycles. The number of para-hydroxylation sites is 1. The van der Waals surface area contributed by atoms with Gasteiger partial charge in [-0.25, -0.2) is 0 Å². The molecular formula is C36H16F6O4. The third-order valence-corrected chi connectivity index (χ3v) is 8.29. The summed E-state index contributed by atoms with van der Waals surface area (Å²) < 4.78 is 93.7. The Morgan fingerprint density at radius 1 is 0.500 bits per heavy atom. The van der Waals surface area contributed by atoms with Crippen molar-refractivity contribution in [2.75, 3.05) is 0 Å². The maximum atomic E-state index is 13.8. The third kappa shape index (κ3) is 4.09. The average Bonchev–Trinajstić information content (AvgIpc) is 3.02. The van der Waals surface area contributed by atoms with Crippen LogP contribution in [0.3, 0.4) is 0 Å². The Kier molecular flexibility index (Phi) is 5.72. The highest BCUT2D eigenvalue weighted by Crippen LogP contribution is 2.40. The summed E-state index contributed by atoms with van der Waals surface area (Å²) in [5, 5.41) is 2.11. The Morgan fingerprint density at radius 3 is 2.00 bits per heavy atom. The van der Waals surface area contributed by atoms with Crippen LogP contribution in [0.15, 0.2) is 115 Å². The molecule has 8 aromatic rings. The van der Waals surface area contributed by atoms with Crippen molar-refractivity contribution in [3.05, 3.63) is 129 Å². The molecular weight excluding hydrogens is 610 g/mol. The lowest BCUT2D eigenvalue weighted by Gasteiger charge is -2.13. The Hall–Kier alpha value is -5.64. The van der Waals surface area contributed by atoms with Gasteiger partial charge in [-0.1, -0.05) is 48.5 Å². The number of hydrogen-bond acceptors (Lipinski definition) is 4. The second kappa shape index (κ2) is 9.43. The monoisotopic (exact) mass is 626 g/mol. The molecule has 2 aromatic heterocycles. The zero-order valence-electron chi connectivity index (χ0n) is 23.1. The number of fused-ring (bicyclic) bond motifs is 8. The highest BCUT2D eigenvalue weighted by molar-refractivity contribution is 6.15. The Labute approximate surface area is 252 Å². The fourth-order valence-electron chi connectivity index (χ4n) is 6.17. The van der Waals surface area contributed by atoms with Crippen LogP contribution in [0.1, 0.15) is 11.1 Å². The fourth-order valence-corrected chi connectivity index (χ4v) is 6.17. The predicted octanol–water partition coefficient (Wildman–Crippen LogP) is 10.2. The van der Waals surface area contributed by atoms with E-state index in [1.165, 1.54) is 12.1 Å². The summed E-state index contributed by atoms with van der Waals surface area (Å²) in [4.78, 5) is 27.6. The van der Waals surface area contributed by atoms with Crippen LogP contribution in [-0.2, 0) is 12.4 Å². The van der Waals surface area contributed by atoms with Crippen LogP contribution in [0.5, 0.6) is 0 Å². The number of hydrogen-bond donors (Lipinski definition) is 0. The van der Waals surface area contributed by atoms with Crippen LogP contribution in [0.25, 0.3) is 76.5 Å². The van der Waals surface area contributed by atoms with E-state index in [1.54, 1.807) is 54.6 Å². The van der Waals surface area contributed by atoms with Crippen molar-refractivity contribution in [3.8, 4) is 11.1 Å². The van der Waals surface area contributed by atoms with Gasteiger partial charge in [0, 0.05) is 5.56 Å². The highest BCUT2D eigenvalue weighted by atomic mass is 19.4. The van der Waals surface area contributed by atoms with Gasteiger partial charge >= 0.3 is 12.4 Å². The summed E-state index contributed by atoms with van der Waals surface area (Å²) in [6.07, 6.45) is -9.42. The smallest absolute Gasteiger partial charge is 0.420 e. The van der Waals surface area contributed by atoms with Gasteiger partial charge in [0.1, 0.15) is 16.7 Å². The summed E-state index contributed by atoms with van der Waals surface area (Å²) in [7, 11) is 0. The first kappa shape index (κ1) is 27.9. The first-order valence-electron chi connectivity index (χ1n) is 13.9. The second-order valence-corrected chi connectivity index (χ2v) is 11.0. The van der Waals surface area contributed by atoms with E-state index in [0.717, 1.165) is 30.3 Å². The Balaban J connectivity index is 1.47. The molecule has 2 heterocycles. The molecule has 8 rings (SSSR count). The lowest BCUT2D eigenvalue weighted by Crippen LogP contribution is -2.09. The van der Waals surface area contributed by atoms with E-state index in [2.05, 4.69) is 0 Å². The van der Waals surface area contributed by atoms with E-state index in [0.29, 0.717) is 32.7 Å². The molecule has 0 unspecified atom stereocenters. The van der Waals surface area contributed by atoms with Crippen LogP contribution in [0.4, 0.5) is 26.3 Å². The molecule has 0 spiro atoms. The van der Waals surface area contributed by atoms with Gasteiger partial charge < -0.3 is 8.83 Å². The zero-order chi connectivity index (χ0) is 32.1. The van der Waals surface area contributed by atoms with Crippen molar-refractivity contribution in [1.29, 1.82) is 0 Å². The largest absolute Gasteiger partial charge is 0.455 e. The summed E-state index contributed by atoms with van der Waals surface area (Å²) in [6, 6.07) is 22.8. The number of halogens is 6. The molecule has 0 N–H and O–H groups in total. The first-order valence-corrected chi connectivity index (χ1v) is 13.9. The number of alkyl halides is 6. The summed E-state index contributed by atoms with van der Waals surface area (Å²) >= 11 is 0. The topological polar surface area (TPSA) is 60.4 Å². The average molecular weight is 627 g/mol. The van der Waals surface area contributed by atoms with E-state index in [9.17, 15) is 35.9 Å². The lowest BCUT2D eigenvalue weighted by atomic mass is 9.93. The van der Waals surface area contributed by atoms with Gasteiger partial charge in [-0.2, -0.15) is 26.3 Å². The molecule has 0 radical (unpaired) electrons. The van der Waals surface area contributed by atoms with Gasteiger partial charge in [0.05, 0.1) is 32.7 Å². The van der Waals surface area contributed by atoms with Gasteiger partial charge in [-0.3, -0.25) is 9.59 Å². The highest BCUT2D eigenvalue weighted by Gasteiger charge is 2.35. The van der Waals surface area contributed by atoms with Crippen molar-refractivity contribution in [1.82, 2.24) is 0 Å². The van der Waals surface area contributed by atoms with Gasteiger partial charge in [0.25, 0.3) is 0 Å². The van der Waals surface area contributed by atoms with E-state index in [1.807, 2.05) is 0 Å². The van der Waals surface area contributed by atoms with Gasteiger partial charge in [-0.15, -0.1) is 0 Å². The zero-order valence-corrected chi connectivity index (χ0v) is 23.1. The standard InChI is InChI=1S/C36H16F6O4/c37-35(38,39)20-11-12-22-28(16-20)46-34-25(15-18-4-1-2-5-21(18)30(34)31(22)43)19-9-8-17-10-13-27-29(24(17)14-19)32(44)23-6-3-7-26(33(23)45-27)36(40,41)42/h1-16H. The van der Waals surface area contributed by atoms with Crippen molar-refractivity contribution in [2.24, 2.45) is 0 Å². The molecule has 4 nitrogen and oxygen atoms in total. The Morgan fingerprint density at radius 2 is 1.22 bits per heavy atom. The van der Waals surface area contributed by atoms with Crippen molar-refractivity contribution in [3.63, 3.8) is 0 Å². The van der Waals surface area contributed by atoms with Crippen molar-refractivity contribution < 1.29 is 35.2 Å². The third-order valence-electron chi connectivity index (χ3n) is 8.29. The van der Waals surface area contributed by atoms with Gasteiger partial charge in [0.2, 0.25) is 10.9 Å². The molecule has 46 heavy (non-hydrogen) atoms. The predicted molar refractivity (Wildman–Crippen MR) is 164 cm³/mol. The minimum Gasteiger partial charge on any atom is -0.455 e. The van der Waals surface area contributed by atoms with Crippen LogP contribution in [0.2, 0.25) is 0 Å². The van der Waals surface area contributed by atoms with E-state index >= 15 is 0 Å². The van der Waals surface area contributed by atoms with E-state index < -0.39 is 39.9 Å². The summed E-state index contributed by atoms with van der Waals surface area (Å²) in [6.45, 7) is 0. The molecule has 0 amide bonds. The van der Waals surface area contributed by atoms with Crippen molar-refractivity contribution in [2.45, 2.75) is 12.4 Å². The van der Waals surface area contributed by atoms with Crippen LogP contribution in [-0.4, -0.2) is 0 Å². The van der Waals surface area contributed by atoms with Crippen LogP contribution in [0, 0.1) is 0 Å². The summed E-state index contributed by atoms with van der Waals surface area (Å²) in [5.41, 5.74) is -3.24.